The molecule has 1 atom stereocenters. The van der Waals surface area contributed by atoms with Gasteiger partial charge in [-0.05, 0) is 56.3 Å². The van der Waals surface area contributed by atoms with Gasteiger partial charge in [0.05, 0.1) is 0 Å². The maximum absolute atomic E-state index is 5.98. The Balaban J connectivity index is 0.00000180. The van der Waals surface area contributed by atoms with E-state index in [0.29, 0.717) is 6.04 Å². The Labute approximate surface area is 123 Å². The van der Waals surface area contributed by atoms with Crippen LogP contribution in [-0.2, 0) is 13.0 Å². The summed E-state index contributed by atoms with van der Waals surface area (Å²) in [7, 11) is 0. The molecule has 2 rings (SSSR count). The molecule has 0 bridgehead atoms. The van der Waals surface area contributed by atoms with Crippen molar-refractivity contribution in [2.24, 2.45) is 11.7 Å². The number of nitrogens with zero attached hydrogens (tertiary/aromatic N) is 1. The molecule has 1 aliphatic heterocycles. The molecule has 1 saturated heterocycles. The Morgan fingerprint density at radius 3 is 2.16 bits per heavy atom. The van der Waals surface area contributed by atoms with E-state index in [1.165, 1.54) is 37.1 Å². The zero-order valence-electron chi connectivity index (χ0n) is 12.1. The predicted molar refractivity (Wildman–Crippen MR) is 84.7 cm³/mol. The van der Waals surface area contributed by atoms with Gasteiger partial charge in [0, 0.05) is 12.6 Å². The number of piperidine rings is 1. The Hall–Kier alpha value is -0.570. The Morgan fingerprint density at radius 1 is 1.16 bits per heavy atom. The highest BCUT2D eigenvalue weighted by Crippen LogP contribution is 2.21. The molecule has 108 valence electrons. The average molecular weight is 283 g/mol. The van der Waals surface area contributed by atoms with Crippen molar-refractivity contribution in [2.75, 3.05) is 13.1 Å². The number of nitrogens with two attached hydrogens (primary N) is 1. The molecule has 1 fully saturated rings. The third-order valence-electron chi connectivity index (χ3n) is 4.21. The van der Waals surface area contributed by atoms with Crippen LogP contribution in [0.15, 0.2) is 24.3 Å². The number of hydrogen-bond acceptors (Lipinski definition) is 2. The summed E-state index contributed by atoms with van der Waals surface area (Å²) in [6.45, 7) is 7.83. The highest BCUT2D eigenvalue weighted by Gasteiger charge is 2.21. The Bertz CT molecular complexity index is 354. The zero-order chi connectivity index (χ0) is 13.0. The molecule has 2 N–H and O–H groups in total. The maximum atomic E-state index is 5.98. The molecule has 0 aromatic heterocycles. The number of halogens is 1. The Morgan fingerprint density at radius 2 is 1.68 bits per heavy atom. The third-order valence-corrected chi connectivity index (χ3v) is 4.21. The lowest BCUT2D eigenvalue weighted by Crippen LogP contribution is -2.39. The summed E-state index contributed by atoms with van der Waals surface area (Å²) in [6, 6.07) is 9.41. The third kappa shape index (κ3) is 4.79. The number of rotatable bonds is 4. The second kappa shape index (κ2) is 7.88. The van der Waals surface area contributed by atoms with Crippen molar-refractivity contribution >= 4 is 12.4 Å². The summed E-state index contributed by atoms with van der Waals surface area (Å²) >= 11 is 0. The first-order chi connectivity index (χ1) is 8.69. The van der Waals surface area contributed by atoms with Crippen molar-refractivity contribution < 1.29 is 0 Å². The van der Waals surface area contributed by atoms with Gasteiger partial charge in [-0.25, -0.2) is 0 Å². The van der Waals surface area contributed by atoms with E-state index in [4.69, 9.17) is 5.73 Å². The standard InChI is InChI=1S/C16H26N2.ClH/c1-3-14-4-6-15(7-5-14)12-18-10-8-16(9-11-18)13(2)17;/h4-7,13,16H,3,8-12,17H2,1-2H3;1H. The highest BCUT2D eigenvalue weighted by atomic mass is 35.5. The number of aryl methyl sites for hydroxylation is 1. The summed E-state index contributed by atoms with van der Waals surface area (Å²) < 4.78 is 0. The summed E-state index contributed by atoms with van der Waals surface area (Å²) in [5.74, 6) is 0.726. The summed E-state index contributed by atoms with van der Waals surface area (Å²) in [5.41, 5.74) is 8.84. The zero-order valence-corrected chi connectivity index (χ0v) is 13.0. The molecule has 1 aliphatic rings. The molecule has 1 heterocycles. The molecule has 19 heavy (non-hydrogen) atoms. The van der Waals surface area contributed by atoms with Crippen molar-refractivity contribution in [1.82, 2.24) is 4.90 Å². The lowest BCUT2D eigenvalue weighted by atomic mass is 9.91. The molecule has 0 amide bonds. The molecule has 0 aliphatic carbocycles. The molecule has 0 saturated carbocycles. The molecular formula is C16H27ClN2. The smallest absolute Gasteiger partial charge is 0.0233 e. The number of hydrogen-bond donors (Lipinski definition) is 1. The topological polar surface area (TPSA) is 29.3 Å². The SMILES string of the molecule is CCc1ccc(CN2CCC(C(C)N)CC2)cc1.Cl. The van der Waals surface area contributed by atoms with Crippen LogP contribution < -0.4 is 5.73 Å². The molecule has 0 spiro atoms. The summed E-state index contributed by atoms with van der Waals surface area (Å²) in [5, 5.41) is 0. The van der Waals surface area contributed by atoms with Gasteiger partial charge in [-0.15, -0.1) is 12.4 Å². The van der Waals surface area contributed by atoms with Gasteiger partial charge in [-0.3, -0.25) is 4.90 Å². The van der Waals surface area contributed by atoms with E-state index < -0.39 is 0 Å². The van der Waals surface area contributed by atoms with Gasteiger partial charge in [0.2, 0.25) is 0 Å². The van der Waals surface area contributed by atoms with Gasteiger partial charge < -0.3 is 5.73 Å². The Kier molecular flexibility index (Phi) is 6.84. The molecule has 1 unspecified atom stereocenters. The second-order valence-corrected chi connectivity index (χ2v) is 5.64. The average Bonchev–Trinajstić information content (AvgIpc) is 2.40. The van der Waals surface area contributed by atoms with E-state index in [-0.39, 0.29) is 12.4 Å². The minimum Gasteiger partial charge on any atom is -0.328 e. The second-order valence-electron chi connectivity index (χ2n) is 5.64. The fraction of sp³-hybridized carbons (Fsp3) is 0.625. The van der Waals surface area contributed by atoms with Gasteiger partial charge >= 0.3 is 0 Å². The normalized spacial score (nSPS) is 18.9. The first-order valence-corrected chi connectivity index (χ1v) is 7.24. The van der Waals surface area contributed by atoms with Crippen molar-refractivity contribution in [3.8, 4) is 0 Å². The predicted octanol–water partition coefficient (Wildman–Crippen LogP) is 3.23. The van der Waals surface area contributed by atoms with Crippen LogP contribution in [0.2, 0.25) is 0 Å². The van der Waals surface area contributed by atoms with Crippen LogP contribution in [0, 0.1) is 5.92 Å². The van der Waals surface area contributed by atoms with Crippen LogP contribution in [0.3, 0.4) is 0 Å². The van der Waals surface area contributed by atoms with Gasteiger partial charge in [-0.2, -0.15) is 0 Å². The van der Waals surface area contributed by atoms with E-state index in [1.54, 1.807) is 0 Å². The van der Waals surface area contributed by atoms with Crippen LogP contribution in [0.1, 0.15) is 37.8 Å². The largest absolute Gasteiger partial charge is 0.328 e. The van der Waals surface area contributed by atoms with Crippen LogP contribution in [-0.4, -0.2) is 24.0 Å². The number of benzene rings is 1. The van der Waals surface area contributed by atoms with Gasteiger partial charge in [-0.1, -0.05) is 31.2 Å². The monoisotopic (exact) mass is 282 g/mol. The first-order valence-electron chi connectivity index (χ1n) is 7.24. The first kappa shape index (κ1) is 16.5. The molecule has 0 radical (unpaired) electrons. The molecular weight excluding hydrogens is 256 g/mol. The molecule has 2 nitrogen and oxygen atoms in total. The van der Waals surface area contributed by atoms with Crippen LogP contribution in [0.4, 0.5) is 0 Å². The van der Waals surface area contributed by atoms with E-state index >= 15 is 0 Å². The van der Waals surface area contributed by atoms with Crippen molar-refractivity contribution in [3.63, 3.8) is 0 Å². The van der Waals surface area contributed by atoms with Gasteiger partial charge in [0.1, 0.15) is 0 Å². The lowest BCUT2D eigenvalue weighted by molar-refractivity contribution is 0.166. The van der Waals surface area contributed by atoms with Gasteiger partial charge in [0.25, 0.3) is 0 Å². The number of likely N-dealkylation sites (tertiary alicyclic amines) is 1. The van der Waals surface area contributed by atoms with Gasteiger partial charge in [0.15, 0.2) is 0 Å². The minimum atomic E-state index is 0. The van der Waals surface area contributed by atoms with Crippen LogP contribution in [0.5, 0.6) is 0 Å². The lowest BCUT2D eigenvalue weighted by Gasteiger charge is -2.33. The molecule has 1 aromatic rings. The molecule has 3 heteroatoms. The van der Waals surface area contributed by atoms with E-state index in [0.717, 1.165) is 18.9 Å². The fourth-order valence-electron chi connectivity index (χ4n) is 2.78. The summed E-state index contributed by atoms with van der Waals surface area (Å²) in [6.07, 6.45) is 3.63. The van der Waals surface area contributed by atoms with Crippen molar-refractivity contribution in [2.45, 2.75) is 45.7 Å². The van der Waals surface area contributed by atoms with Crippen LogP contribution >= 0.6 is 12.4 Å². The maximum Gasteiger partial charge on any atom is 0.0233 e. The highest BCUT2D eigenvalue weighted by molar-refractivity contribution is 5.85. The quantitative estimate of drug-likeness (QED) is 0.919. The van der Waals surface area contributed by atoms with Crippen molar-refractivity contribution in [3.05, 3.63) is 35.4 Å². The van der Waals surface area contributed by atoms with Crippen molar-refractivity contribution in [1.29, 1.82) is 0 Å². The minimum absolute atomic E-state index is 0. The fourth-order valence-corrected chi connectivity index (χ4v) is 2.78. The van der Waals surface area contributed by atoms with E-state index in [1.807, 2.05) is 0 Å². The molecule has 1 aromatic carbocycles. The van der Waals surface area contributed by atoms with E-state index in [2.05, 4.69) is 43.0 Å². The van der Waals surface area contributed by atoms with E-state index in [9.17, 15) is 0 Å². The van der Waals surface area contributed by atoms with Crippen LogP contribution in [0.25, 0.3) is 0 Å². The summed E-state index contributed by atoms with van der Waals surface area (Å²) in [4.78, 5) is 2.56.